The predicted molar refractivity (Wildman–Crippen MR) is 66.2 cm³/mol. The highest BCUT2D eigenvalue weighted by molar-refractivity contribution is 7.89. The number of ether oxygens (including phenoxy) is 1. The Balaban J connectivity index is 2.28. The SMILES string of the molecule is CC1COCCN1S(=O)(=O)c1ccc(NN)nc1. The molecule has 1 unspecified atom stereocenters. The van der Waals surface area contributed by atoms with E-state index in [9.17, 15) is 8.42 Å². The highest BCUT2D eigenvalue weighted by atomic mass is 32.2. The van der Waals surface area contributed by atoms with Crippen LogP contribution in [0.2, 0.25) is 0 Å². The Hall–Kier alpha value is -1.22. The molecule has 0 amide bonds. The van der Waals surface area contributed by atoms with E-state index in [0.29, 0.717) is 25.6 Å². The number of nitrogens with one attached hydrogen (secondary N) is 1. The van der Waals surface area contributed by atoms with Gasteiger partial charge >= 0.3 is 0 Å². The number of nitrogens with two attached hydrogens (primary N) is 1. The van der Waals surface area contributed by atoms with Gasteiger partial charge in [0.15, 0.2) is 0 Å². The van der Waals surface area contributed by atoms with Gasteiger partial charge in [0.05, 0.1) is 13.2 Å². The third-order valence-electron chi connectivity index (χ3n) is 2.80. The molecule has 0 aromatic carbocycles. The number of morpholine rings is 1. The summed E-state index contributed by atoms with van der Waals surface area (Å²) in [6, 6.07) is 2.84. The van der Waals surface area contributed by atoms with Crippen LogP contribution in [0.1, 0.15) is 6.92 Å². The van der Waals surface area contributed by atoms with Gasteiger partial charge in [-0.25, -0.2) is 19.2 Å². The summed E-state index contributed by atoms with van der Waals surface area (Å²) in [5, 5.41) is 0. The van der Waals surface area contributed by atoms with E-state index < -0.39 is 10.0 Å². The van der Waals surface area contributed by atoms with E-state index in [1.54, 1.807) is 0 Å². The van der Waals surface area contributed by atoms with E-state index in [1.165, 1.54) is 22.6 Å². The smallest absolute Gasteiger partial charge is 0.245 e. The van der Waals surface area contributed by atoms with Crippen LogP contribution < -0.4 is 11.3 Å². The molecule has 0 saturated carbocycles. The van der Waals surface area contributed by atoms with Crippen LogP contribution in [0.4, 0.5) is 5.82 Å². The van der Waals surface area contributed by atoms with Crippen molar-refractivity contribution in [2.24, 2.45) is 5.84 Å². The minimum atomic E-state index is -3.51. The summed E-state index contributed by atoms with van der Waals surface area (Å²) in [4.78, 5) is 4.07. The van der Waals surface area contributed by atoms with Crippen LogP contribution in [-0.2, 0) is 14.8 Å². The van der Waals surface area contributed by atoms with Gasteiger partial charge in [0.25, 0.3) is 0 Å². The Morgan fingerprint density at radius 3 is 2.89 bits per heavy atom. The van der Waals surface area contributed by atoms with Crippen LogP contribution in [0.5, 0.6) is 0 Å². The first-order valence-corrected chi connectivity index (χ1v) is 7.02. The fraction of sp³-hybridized carbons (Fsp3) is 0.500. The third-order valence-corrected chi connectivity index (χ3v) is 4.79. The van der Waals surface area contributed by atoms with Crippen LogP contribution in [0.3, 0.4) is 0 Å². The molecule has 0 aliphatic carbocycles. The van der Waals surface area contributed by atoms with Crippen molar-refractivity contribution >= 4 is 15.8 Å². The maximum atomic E-state index is 12.4. The van der Waals surface area contributed by atoms with Crippen molar-refractivity contribution in [2.75, 3.05) is 25.2 Å². The number of anilines is 1. The number of nitrogens with zero attached hydrogens (tertiary/aromatic N) is 2. The molecule has 1 fully saturated rings. The molecule has 18 heavy (non-hydrogen) atoms. The molecule has 1 atom stereocenters. The molecular weight excluding hydrogens is 256 g/mol. The summed E-state index contributed by atoms with van der Waals surface area (Å²) in [6.07, 6.45) is 1.30. The highest BCUT2D eigenvalue weighted by Crippen LogP contribution is 2.20. The Morgan fingerprint density at radius 1 is 1.56 bits per heavy atom. The molecule has 0 spiro atoms. The largest absolute Gasteiger partial charge is 0.378 e. The lowest BCUT2D eigenvalue weighted by molar-refractivity contribution is 0.0392. The lowest BCUT2D eigenvalue weighted by Gasteiger charge is -2.32. The number of rotatable bonds is 3. The monoisotopic (exact) mass is 272 g/mol. The number of nitrogen functional groups attached to an aromatic ring is 1. The Bertz CT molecular complexity index is 502. The average molecular weight is 272 g/mol. The maximum Gasteiger partial charge on any atom is 0.245 e. The second-order valence-corrected chi connectivity index (χ2v) is 5.95. The molecule has 100 valence electrons. The van der Waals surface area contributed by atoms with Crippen LogP contribution >= 0.6 is 0 Å². The van der Waals surface area contributed by atoms with Gasteiger partial charge in [0, 0.05) is 18.8 Å². The van der Waals surface area contributed by atoms with Crippen LogP contribution in [0, 0.1) is 0 Å². The summed E-state index contributed by atoms with van der Waals surface area (Å²) in [7, 11) is -3.51. The molecule has 2 heterocycles. The molecule has 1 aliphatic heterocycles. The van der Waals surface area contributed by atoms with Crippen molar-refractivity contribution in [1.82, 2.24) is 9.29 Å². The molecule has 0 radical (unpaired) electrons. The average Bonchev–Trinajstić information content (AvgIpc) is 2.39. The van der Waals surface area contributed by atoms with Gasteiger partial charge in [-0.2, -0.15) is 4.31 Å². The lowest BCUT2D eigenvalue weighted by Crippen LogP contribution is -2.46. The first-order valence-electron chi connectivity index (χ1n) is 5.58. The number of hydrogen-bond donors (Lipinski definition) is 2. The van der Waals surface area contributed by atoms with E-state index >= 15 is 0 Å². The van der Waals surface area contributed by atoms with Gasteiger partial charge in [0.2, 0.25) is 10.0 Å². The summed E-state index contributed by atoms with van der Waals surface area (Å²) in [6.45, 7) is 3.01. The maximum absolute atomic E-state index is 12.4. The number of pyridine rings is 1. The van der Waals surface area contributed by atoms with Crippen LogP contribution in [-0.4, -0.2) is 43.5 Å². The van der Waals surface area contributed by atoms with Crippen molar-refractivity contribution in [1.29, 1.82) is 0 Å². The van der Waals surface area contributed by atoms with Crippen molar-refractivity contribution in [3.05, 3.63) is 18.3 Å². The minimum absolute atomic E-state index is 0.162. The van der Waals surface area contributed by atoms with Crippen LogP contribution in [0.25, 0.3) is 0 Å². The highest BCUT2D eigenvalue weighted by Gasteiger charge is 2.31. The van der Waals surface area contributed by atoms with E-state index in [-0.39, 0.29) is 10.9 Å². The fourth-order valence-electron chi connectivity index (χ4n) is 1.82. The zero-order valence-corrected chi connectivity index (χ0v) is 10.9. The topological polar surface area (TPSA) is 97.5 Å². The van der Waals surface area contributed by atoms with E-state index in [4.69, 9.17) is 10.6 Å². The molecule has 1 aromatic heterocycles. The van der Waals surface area contributed by atoms with Crippen molar-refractivity contribution in [3.8, 4) is 0 Å². The Kier molecular flexibility index (Phi) is 3.81. The van der Waals surface area contributed by atoms with Crippen LogP contribution in [0.15, 0.2) is 23.2 Å². The standard InChI is InChI=1S/C10H16N4O3S/c1-8-7-17-5-4-14(8)18(15,16)9-2-3-10(13-11)12-6-9/h2-3,6,8H,4-5,7,11H2,1H3,(H,12,13). The molecule has 7 nitrogen and oxygen atoms in total. The fourth-order valence-corrected chi connectivity index (χ4v) is 3.37. The van der Waals surface area contributed by atoms with E-state index in [0.717, 1.165) is 0 Å². The van der Waals surface area contributed by atoms with Gasteiger partial charge in [-0.15, -0.1) is 0 Å². The second kappa shape index (κ2) is 5.19. The molecular formula is C10H16N4O3S. The Morgan fingerprint density at radius 2 is 2.33 bits per heavy atom. The summed E-state index contributed by atoms with van der Waals surface area (Å²) < 4.78 is 31.4. The van der Waals surface area contributed by atoms with E-state index in [1.807, 2.05) is 6.92 Å². The van der Waals surface area contributed by atoms with Gasteiger partial charge in [-0.05, 0) is 19.1 Å². The zero-order chi connectivity index (χ0) is 13.2. The summed E-state index contributed by atoms with van der Waals surface area (Å²) >= 11 is 0. The molecule has 1 saturated heterocycles. The van der Waals surface area contributed by atoms with Gasteiger partial charge in [0.1, 0.15) is 10.7 Å². The predicted octanol–water partition coefficient (Wildman–Crippen LogP) is -0.223. The number of aromatic nitrogens is 1. The first-order chi connectivity index (χ1) is 8.55. The van der Waals surface area contributed by atoms with Gasteiger partial charge in [-0.3, -0.25) is 0 Å². The molecule has 2 rings (SSSR count). The quantitative estimate of drug-likeness (QED) is 0.583. The van der Waals surface area contributed by atoms with Crippen molar-refractivity contribution in [2.45, 2.75) is 17.9 Å². The summed E-state index contributed by atoms with van der Waals surface area (Å²) in [5.41, 5.74) is 2.35. The van der Waals surface area contributed by atoms with E-state index in [2.05, 4.69) is 10.4 Å². The molecule has 0 bridgehead atoms. The minimum Gasteiger partial charge on any atom is -0.378 e. The number of hydrazine groups is 1. The van der Waals surface area contributed by atoms with Gasteiger partial charge in [-0.1, -0.05) is 0 Å². The zero-order valence-electron chi connectivity index (χ0n) is 10.0. The molecule has 1 aliphatic rings. The van der Waals surface area contributed by atoms with Crippen molar-refractivity contribution < 1.29 is 13.2 Å². The van der Waals surface area contributed by atoms with Crippen molar-refractivity contribution in [3.63, 3.8) is 0 Å². The number of sulfonamides is 1. The molecule has 8 heteroatoms. The lowest BCUT2D eigenvalue weighted by atomic mass is 10.3. The number of hydrogen-bond acceptors (Lipinski definition) is 6. The molecule has 1 aromatic rings. The van der Waals surface area contributed by atoms with Gasteiger partial charge < -0.3 is 10.2 Å². The summed E-state index contributed by atoms with van der Waals surface area (Å²) in [5.74, 6) is 5.61. The second-order valence-electron chi connectivity index (χ2n) is 4.06. The third kappa shape index (κ3) is 2.46. The first kappa shape index (κ1) is 13.2. The Labute approximate surface area is 106 Å². The molecule has 3 N–H and O–H groups in total. The normalized spacial score (nSPS) is 21.8.